The number of amides is 1. The Kier molecular flexibility index (Phi) is 7.44. The van der Waals surface area contributed by atoms with Gasteiger partial charge >= 0.3 is 0 Å². The SMILES string of the molecule is CCCC(CCC)C(=O)N(C)CC(C)(C)CN. The van der Waals surface area contributed by atoms with Gasteiger partial charge in [0.1, 0.15) is 0 Å². The monoisotopic (exact) mass is 242 g/mol. The number of hydrogen-bond donors (Lipinski definition) is 1. The zero-order chi connectivity index (χ0) is 13.5. The Balaban J connectivity index is 4.43. The maximum atomic E-state index is 12.3. The van der Waals surface area contributed by atoms with Crippen molar-refractivity contribution in [2.24, 2.45) is 17.1 Å². The predicted molar refractivity (Wildman–Crippen MR) is 73.8 cm³/mol. The molecular weight excluding hydrogens is 212 g/mol. The molecular formula is C14H30N2O. The van der Waals surface area contributed by atoms with Crippen molar-refractivity contribution in [2.45, 2.75) is 53.4 Å². The van der Waals surface area contributed by atoms with Gasteiger partial charge in [-0.15, -0.1) is 0 Å². The van der Waals surface area contributed by atoms with Crippen LogP contribution in [-0.2, 0) is 4.79 Å². The summed E-state index contributed by atoms with van der Waals surface area (Å²) in [5.41, 5.74) is 5.72. The summed E-state index contributed by atoms with van der Waals surface area (Å²) in [5.74, 6) is 0.485. The van der Waals surface area contributed by atoms with E-state index in [1.165, 1.54) is 0 Å². The van der Waals surface area contributed by atoms with E-state index < -0.39 is 0 Å². The van der Waals surface area contributed by atoms with Crippen LogP contribution in [0.5, 0.6) is 0 Å². The zero-order valence-electron chi connectivity index (χ0n) is 12.3. The molecule has 0 spiro atoms. The van der Waals surface area contributed by atoms with Crippen LogP contribution in [0.2, 0.25) is 0 Å². The molecule has 0 aromatic rings. The van der Waals surface area contributed by atoms with Crippen LogP contribution in [0.4, 0.5) is 0 Å². The molecule has 0 atom stereocenters. The first-order valence-electron chi connectivity index (χ1n) is 6.83. The van der Waals surface area contributed by atoms with Gasteiger partial charge in [-0.05, 0) is 24.8 Å². The van der Waals surface area contributed by atoms with Crippen LogP contribution in [0.25, 0.3) is 0 Å². The van der Waals surface area contributed by atoms with Gasteiger partial charge < -0.3 is 10.6 Å². The zero-order valence-corrected chi connectivity index (χ0v) is 12.3. The van der Waals surface area contributed by atoms with E-state index in [4.69, 9.17) is 5.73 Å². The highest BCUT2D eigenvalue weighted by atomic mass is 16.2. The van der Waals surface area contributed by atoms with E-state index in [0.29, 0.717) is 6.54 Å². The lowest BCUT2D eigenvalue weighted by Gasteiger charge is -2.31. The molecule has 1 amide bonds. The smallest absolute Gasteiger partial charge is 0.225 e. The summed E-state index contributed by atoms with van der Waals surface area (Å²) in [7, 11) is 1.90. The Morgan fingerprint density at radius 2 is 1.71 bits per heavy atom. The first-order chi connectivity index (χ1) is 7.87. The Morgan fingerprint density at radius 3 is 2.06 bits per heavy atom. The number of nitrogens with two attached hydrogens (primary N) is 1. The molecule has 0 aromatic carbocycles. The summed E-state index contributed by atoms with van der Waals surface area (Å²) in [5, 5.41) is 0. The third kappa shape index (κ3) is 6.06. The van der Waals surface area contributed by atoms with Gasteiger partial charge in [-0.3, -0.25) is 4.79 Å². The predicted octanol–water partition coefficient (Wildman–Crippen LogP) is 2.65. The van der Waals surface area contributed by atoms with Gasteiger partial charge in [0.25, 0.3) is 0 Å². The molecule has 3 heteroatoms. The molecule has 17 heavy (non-hydrogen) atoms. The van der Waals surface area contributed by atoms with Gasteiger partial charge in [-0.2, -0.15) is 0 Å². The molecule has 3 nitrogen and oxygen atoms in total. The van der Waals surface area contributed by atoms with E-state index in [0.717, 1.165) is 32.2 Å². The van der Waals surface area contributed by atoms with Gasteiger partial charge in [0.05, 0.1) is 0 Å². The van der Waals surface area contributed by atoms with Gasteiger partial charge in [0.2, 0.25) is 5.91 Å². The lowest BCUT2D eigenvalue weighted by Crippen LogP contribution is -2.42. The minimum absolute atomic E-state index is 0.00733. The van der Waals surface area contributed by atoms with E-state index in [-0.39, 0.29) is 17.2 Å². The van der Waals surface area contributed by atoms with E-state index >= 15 is 0 Å². The summed E-state index contributed by atoms with van der Waals surface area (Å²) in [4.78, 5) is 14.2. The molecule has 0 rings (SSSR count). The third-order valence-corrected chi connectivity index (χ3v) is 3.22. The Morgan fingerprint density at radius 1 is 1.24 bits per heavy atom. The second-order valence-electron chi connectivity index (χ2n) is 5.84. The van der Waals surface area contributed by atoms with Crippen molar-refractivity contribution < 1.29 is 4.79 Å². The standard InChI is InChI=1S/C14H30N2O/c1-6-8-12(9-7-2)13(17)16(5)11-14(3,4)10-15/h12H,6-11,15H2,1-5H3. The van der Waals surface area contributed by atoms with Crippen LogP contribution >= 0.6 is 0 Å². The van der Waals surface area contributed by atoms with Crippen LogP contribution in [-0.4, -0.2) is 30.9 Å². The molecule has 0 aliphatic rings. The maximum absolute atomic E-state index is 12.3. The fraction of sp³-hybridized carbons (Fsp3) is 0.929. The van der Waals surface area contributed by atoms with Gasteiger partial charge in [0.15, 0.2) is 0 Å². The average Bonchev–Trinajstić information content (AvgIpc) is 2.27. The van der Waals surface area contributed by atoms with E-state index in [1.807, 2.05) is 11.9 Å². The maximum Gasteiger partial charge on any atom is 0.225 e. The first-order valence-corrected chi connectivity index (χ1v) is 6.83. The molecule has 0 aromatic heterocycles. The Labute approximate surface area is 107 Å². The fourth-order valence-electron chi connectivity index (χ4n) is 2.18. The topological polar surface area (TPSA) is 46.3 Å². The van der Waals surface area contributed by atoms with Gasteiger partial charge in [-0.1, -0.05) is 40.5 Å². The molecule has 102 valence electrons. The molecule has 0 fully saturated rings. The summed E-state index contributed by atoms with van der Waals surface area (Å²) in [6.45, 7) is 9.83. The fourth-order valence-corrected chi connectivity index (χ4v) is 2.18. The molecule has 0 heterocycles. The van der Waals surface area contributed by atoms with Crippen LogP contribution < -0.4 is 5.73 Å². The van der Waals surface area contributed by atoms with Crippen LogP contribution in [0.15, 0.2) is 0 Å². The Bertz CT molecular complexity index is 220. The molecule has 0 saturated carbocycles. The van der Waals surface area contributed by atoms with Gasteiger partial charge in [0, 0.05) is 19.5 Å². The van der Waals surface area contributed by atoms with Crippen LogP contribution in [0, 0.1) is 11.3 Å². The summed E-state index contributed by atoms with van der Waals surface area (Å²) in [6.07, 6.45) is 4.15. The van der Waals surface area contributed by atoms with E-state index in [9.17, 15) is 4.79 Å². The van der Waals surface area contributed by atoms with Crippen molar-refractivity contribution >= 4 is 5.91 Å². The Hall–Kier alpha value is -0.570. The molecule has 0 radical (unpaired) electrons. The highest BCUT2D eigenvalue weighted by Crippen LogP contribution is 2.20. The highest BCUT2D eigenvalue weighted by Gasteiger charge is 2.25. The summed E-state index contributed by atoms with van der Waals surface area (Å²) in [6, 6.07) is 0. The first kappa shape index (κ1) is 16.4. The van der Waals surface area contributed by atoms with Crippen LogP contribution in [0.3, 0.4) is 0 Å². The normalized spacial score (nSPS) is 11.9. The largest absolute Gasteiger partial charge is 0.345 e. The summed E-state index contributed by atoms with van der Waals surface area (Å²) < 4.78 is 0. The molecule has 2 N–H and O–H groups in total. The minimum Gasteiger partial charge on any atom is -0.345 e. The van der Waals surface area contributed by atoms with Crippen LogP contribution in [0.1, 0.15) is 53.4 Å². The van der Waals surface area contributed by atoms with E-state index in [1.54, 1.807) is 0 Å². The van der Waals surface area contributed by atoms with Crippen molar-refractivity contribution in [3.05, 3.63) is 0 Å². The van der Waals surface area contributed by atoms with Crippen molar-refractivity contribution in [1.29, 1.82) is 0 Å². The molecule has 0 bridgehead atoms. The lowest BCUT2D eigenvalue weighted by molar-refractivity contribution is -0.135. The molecule has 0 aliphatic heterocycles. The highest BCUT2D eigenvalue weighted by molar-refractivity contribution is 5.78. The number of carbonyl (C=O) groups is 1. The summed E-state index contributed by atoms with van der Waals surface area (Å²) >= 11 is 0. The van der Waals surface area contributed by atoms with Crippen molar-refractivity contribution in [1.82, 2.24) is 4.90 Å². The quantitative estimate of drug-likeness (QED) is 0.711. The molecule has 0 saturated heterocycles. The van der Waals surface area contributed by atoms with Crippen molar-refractivity contribution in [2.75, 3.05) is 20.1 Å². The second-order valence-corrected chi connectivity index (χ2v) is 5.84. The number of rotatable bonds is 8. The lowest BCUT2D eigenvalue weighted by atomic mass is 9.91. The third-order valence-electron chi connectivity index (χ3n) is 3.22. The number of carbonyl (C=O) groups excluding carboxylic acids is 1. The minimum atomic E-state index is 0.00733. The van der Waals surface area contributed by atoms with Gasteiger partial charge in [-0.25, -0.2) is 0 Å². The van der Waals surface area contributed by atoms with E-state index in [2.05, 4.69) is 27.7 Å². The molecule has 0 unspecified atom stereocenters. The number of hydrogen-bond acceptors (Lipinski definition) is 2. The second kappa shape index (κ2) is 7.70. The van der Waals surface area contributed by atoms with Crippen molar-refractivity contribution in [3.8, 4) is 0 Å². The van der Waals surface area contributed by atoms with Crippen molar-refractivity contribution in [3.63, 3.8) is 0 Å². The average molecular weight is 242 g/mol. The molecule has 0 aliphatic carbocycles. The number of nitrogens with zero attached hydrogens (tertiary/aromatic N) is 1.